The lowest BCUT2D eigenvalue weighted by atomic mass is 9.68. The van der Waals surface area contributed by atoms with Crippen LogP contribution in [-0.4, -0.2) is 0 Å². The van der Waals surface area contributed by atoms with Crippen molar-refractivity contribution in [3.63, 3.8) is 0 Å². The van der Waals surface area contributed by atoms with Gasteiger partial charge in [0.1, 0.15) is 0 Å². The van der Waals surface area contributed by atoms with Crippen molar-refractivity contribution >= 4 is 38.6 Å². The molecule has 0 radical (unpaired) electrons. The number of anilines is 3. The summed E-state index contributed by atoms with van der Waals surface area (Å²) >= 11 is 0. The lowest BCUT2D eigenvalue weighted by Crippen LogP contribution is -2.28. The topological polar surface area (TPSA) is 3.24 Å². The summed E-state index contributed by atoms with van der Waals surface area (Å²) in [7, 11) is 0. The van der Waals surface area contributed by atoms with Crippen LogP contribution in [0.3, 0.4) is 0 Å². The van der Waals surface area contributed by atoms with E-state index in [0.29, 0.717) is 0 Å². The standard InChI is InChI=1S/C66H47N/c1-65(2)60-28-12-9-25-57(60)58-42-34-46-33-39-52(43-59(46)64(58)65)67(50-37-31-45(32-38-50)54-27-16-20-47-19-15-26-53(63(47)54)44-17-5-3-6-18-44)51-40-35-49(36-41-51)66(48-21-7-4-8-22-48)61-29-13-10-23-55(61)56-24-11-14-30-62(56)66/h3-43H,1-2H3. The second-order valence-corrected chi connectivity index (χ2v) is 18.8. The van der Waals surface area contributed by atoms with Gasteiger partial charge in [-0.3, -0.25) is 0 Å². The highest BCUT2D eigenvalue weighted by Gasteiger charge is 2.46. The zero-order valence-corrected chi connectivity index (χ0v) is 37.6. The SMILES string of the molecule is CC1(C)c2ccccc2-c2ccc3ccc(N(c4ccc(-c5cccc6cccc(-c7ccccc7)c56)cc4)c4ccc(C5(c6ccccc6)c6ccccc6-c6ccccc65)cc4)cc3c21. The molecule has 0 fully saturated rings. The fourth-order valence-corrected chi connectivity index (χ4v) is 12.0. The third kappa shape index (κ3) is 5.88. The minimum Gasteiger partial charge on any atom is -0.310 e. The average Bonchev–Trinajstić information content (AvgIpc) is 3.83. The molecule has 1 heteroatoms. The van der Waals surface area contributed by atoms with Crippen LogP contribution in [0.5, 0.6) is 0 Å². The van der Waals surface area contributed by atoms with Crippen LogP contribution < -0.4 is 4.90 Å². The highest BCUT2D eigenvalue weighted by molar-refractivity contribution is 6.07. The van der Waals surface area contributed by atoms with Gasteiger partial charge in [0.25, 0.3) is 0 Å². The van der Waals surface area contributed by atoms with Crippen LogP contribution in [0.1, 0.15) is 47.2 Å². The Morgan fingerprint density at radius 2 is 0.776 bits per heavy atom. The Morgan fingerprint density at radius 3 is 1.40 bits per heavy atom. The normalized spacial score (nSPS) is 13.8. The number of benzene rings is 11. The van der Waals surface area contributed by atoms with Crippen LogP contribution in [0, 0.1) is 0 Å². The predicted molar refractivity (Wildman–Crippen MR) is 282 cm³/mol. The molecule has 0 aliphatic heterocycles. The Hall–Kier alpha value is -8.26. The van der Waals surface area contributed by atoms with Gasteiger partial charge in [-0.2, -0.15) is 0 Å². The molecule has 0 unspecified atom stereocenters. The molecule has 2 aliphatic rings. The molecule has 0 N–H and O–H groups in total. The van der Waals surface area contributed by atoms with Gasteiger partial charge in [0.15, 0.2) is 0 Å². The van der Waals surface area contributed by atoms with Crippen LogP contribution in [0.25, 0.3) is 66.1 Å². The number of rotatable bonds is 7. The van der Waals surface area contributed by atoms with Gasteiger partial charge >= 0.3 is 0 Å². The zero-order chi connectivity index (χ0) is 44.7. The van der Waals surface area contributed by atoms with Crippen LogP contribution in [-0.2, 0) is 10.8 Å². The second kappa shape index (κ2) is 15.2. The molecule has 0 heterocycles. The first kappa shape index (κ1) is 39.1. The summed E-state index contributed by atoms with van der Waals surface area (Å²) in [5.41, 5.74) is 20.8. The van der Waals surface area contributed by atoms with E-state index in [4.69, 9.17) is 0 Å². The minimum absolute atomic E-state index is 0.144. The first-order valence-electron chi connectivity index (χ1n) is 23.5. The van der Waals surface area contributed by atoms with E-state index in [-0.39, 0.29) is 5.41 Å². The molecule has 0 saturated carbocycles. The molecule has 0 bridgehead atoms. The van der Waals surface area contributed by atoms with Crippen molar-refractivity contribution in [3.8, 4) is 44.5 Å². The van der Waals surface area contributed by atoms with Crippen molar-refractivity contribution < 1.29 is 0 Å². The Morgan fingerprint density at radius 1 is 0.313 bits per heavy atom. The van der Waals surface area contributed by atoms with Gasteiger partial charge in [-0.1, -0.05) is 226 Å². The molecular weight excluding hydrogens is 807 g/mol. The van der Waals surface area contributed by atoms with Crippen molar-refractivity contribution in [1.29, 1.82) is 0 Å². The maximum atomic E-state index is 2.45. The number of hydrogen-bond donors (Lipinski definition) is 0. The molecule has 13 rings (SSSR count). The van der Waals surface area contributed by atoms with Gasteiger partial charge in [-0.25, -0.2) is 0 Å². The number of hydrogen-bond acceptors (Lipinski definition) is 1. The highest BCUT2D eigenvalue weighted by Crippen LogP contribution is 2.57. The first-order valence-corrected chi connectivity index (χ1v) is 23.5. The van der Waals surface area contributed by atoms with Gasteiger partial charge in [-0.05, 0) is 136 Å². The van der Waals surface area contributed by atoms with Crippen molar-refractivity contribution in [1.82, 2.24) is 0 Å². The molecule has 11 aromatic carbocycles. The van der Waals surface area contributed by atoms with E-state index in [2.05, 4.69) is 267 Å². The number of fused-ring (bicyclic) bond motifs is 9. The maximum absolute atomic E-state index is 2.45. The van der Waals surface area contributed by atoms with E-state index >= 15 is 0 Å². The van der Waals surface area contributed by atoms with Crippen molar-refractivity contribution in [3.05, 3.63) is 282 Å². The van der Waals surface area contributed by atoms with Crippen LogP contribution >= 0.6 is 0 Å². The van der Waals surface area contributed by atoms with Gasteiger partial charge in [0.2, 0.25) is 0 Å². The summed E-state index contributed by atoms with van der Waals surface area (Å²) in [5, 5.41) is 5.05. The third-order valence-electron chi connectivity index (χ3n) is 14.9. The molecule has 11 aromatic rings. The summed E-state index contributed by atoms with van der Waals surface area (Å²) in [6, 6.07) is 92.4. The fraction of sp³-hybridized carbons (Fsp3) is 0.0606. The van der Waals surface area contributed by atoms with E-state index in [1.807, 2.05) is 0 Å². The molecule has 0 amide bonds. The summed E-state index contributed by atoms with van der Waals surface area (Å²) in [4.78, 5) is 2.45. The van der Waals surface area contributed by atoms with E-state index in [1.54, 1.807) is 0 Å². The molecule has 0 saturated heterocycles. The Bertz CT molecular complexity index is 3640. The van der Waals surface area contributed by atoms with Crippen molar-refractivity contribution in [2.24, 2.45) is 0 Å². The molecule has 67 heavy (non-hydrogen) atoms. The molecule has 0 aromatic heterocycles. The van der Waals surface area contributed by atoms with Gasteiger partial charge in [0.05, 0.1) is 5.41 Å². The maximum Gasteiger partial charge on any atom is 0.0713 e. The Kier molecular flexibility index (Phi) is 8.85. The fourth-order valence-electron chi connectivity index (χ4n) is 12.0. The van der Waals surface area contributed by atoms with Gasteiger partial charge < -0.3 is 4.90 Å². The number of nitrogens with zero attached hydrogens (tertiary/aromatic N) is 1. The largest absolute Gasteiger partial charge is 0.310 e. The quantitative estimate of drug-likeness (QED) is 0.154. The summed E-state index contributed by atoms with van der Waals surface area (Å²) < 4.78 is 0. The molecule has 316 valence electrons. The van der Waals surface area contributed by atoms with Crippen LogP contribution in [0.2, 0.25) is 0 Å². The lowest BCUT2D eigenvalue weighted by Gasteiger charge is -2.34. The summed E-state index contributed by atoms with van der Waals surface area (Å²) in [6.07, 6.45) is 0. The molecule has 1 nitrogen and oxygen atoms in total. The Labute approximate surface area is 392 Å². The highest BCUT2D eigenvalue weighted by atomic mass is 15.1. The van der Waals surface area contributed by atoms with Crippen molar-refractivity contribution in [2.45, 2.75) is 24.7 Å². The van der Waals surface area contributed by atoms with Crippen LogP contribution in [0.15, 0.2) is 249 Å². The lowest BCUT2D eigenvalue weighted by molar-refractivity contribution is 0.666. The smallest absolute Gasteiger partial charge is 0.0713 e. The molecular formula is C66H47N. The van der Waals surface area contributed by atoms with E-state index < -0.39 is 5.41 Å². The van der Waals surface area contributed by atoms with Crippen LogP contribution in [0.4, 0.5) is 17.1 Å². The minimum atomic E-state index is -0.472. The third-order valence-corrected chi connectivity index (χ3v) is 14.9. The first-order chi connectivity index (χ1) is 33.0. The van der Waals surface area contributed by atoms with E-state index in [0.717, 1.165) is 17.1 Å². The molecule has 0 atom stereocenters. The predicted octanol–water partition coefficient (Wildman–Crippen LogP) is 17.5. The monoisotopic (exact) mass is 853 g/mol. The average molecular weight is 854 g/mol. The second-order valence-electron chi connectivity index (χ2n) is 18.8. The zero-order valence-electron chi connectivity index (χ0n) is 37.6. The van der Waals surface area contributed by atoms with E-state index in [1.165, 1.54) is 99.4 Å². The van der Waals surface area contributed by atoms with Gasteiger partial charge in [-0.15, -0.1) is 0 Å². The van der Waals surface area contributed by atoms with Crippen molar-refractivity contribution in [2.75, 3.05) is 4.90 Å². The van der Waals surface area contributed by atoms with Gasteiger partial charge in [0, 0.05) is 22.5 Å². The summed E-state index contributed by atoms with van der Waals surface area (Å²) in [6.45, 7) is 4.77. The molecule has 2 aliphatic carbocycles. The molecule has 0 spiro atoms. The van der Waals surface area contributed by atoms with E-state index in [9.17, 15) is 0 Å². The Balaban J connectivity index is 0.994. The summed E-state index contributed by atoms with van der Waals surface area (Å²) in [5.74, 6) is 0.